The maximum Gasteiger partial charge on any atom is 0.313 e. The molecule has 0 spiro atoms. The molecule has 1 unspecified atom stereocenters. The van der Waals surface area contributed by atoms with Crippen molar-refractivity contribution < 1.29 is 14.7 Å². The molecule has 1 heterocycles. The second-order valence-electron chi connectivity index (χ2n) is 11.0. The van der Waals surface area contributed by atoms with Crippen molar-refractivity contribution in [2.75, 3.05) is 11.1 Å². The Morgan fingerprint density at radius 3 is 2.22 bits per heavy atom. The van der Waals surface area contributed by atoms with Crippen LogP contribution in [-0.2, 0) is 15.1 Å². The van der Waals surface area contributed by atoms with Crippen LogP contribution in [0.5, 0.6) is 0 Å². The van der Waals surface area contributed by atoms with Crippen LogP contribution in [0.3, 0.4) is 0 Å². The normalized spacial score (nSPS) is 15.4. The molecule has 0 radical (unpaired) electrons. The summed E-state index contributed by atoms with van der Waals surface area (Å²) in [5.74, 6) is -1.48. The Morgan fingerprint density at radius 1 is 0.933 bits per heavy atom. The van der Waals surface area contributed by atoms with Gasteiger partial charge in [-0.05, 0) is 83.2 Å². The minimum absolute atomic E-state index is 0.166. The number of carbonyl (C=O) groups is 2. The van der Waals surface area contributed by atoms with Crippen molar-refractivity contribution in [1.29, 1.82) is 0 Å². The zero-order valence-electron chi connectivity index (χ0n) is 25.1. The highest BCUT2D eigenvalue weighted by molar-refractivity contribution is 8.14. The number of rotatable bonds is 11. The van der Waals surface area contributed by atoms with Gasteiger partial charge in [0.15, 0.2) is 5.17 Å². The second-order valence-corrected chi connectivity index (χ2v) is 12.4. The predicted octanol–water partition coefficient (Wildman–Crippen LogP) is 8.70. The molecule has 5 rings (SSSR count). The number of thioether (sulfide) groups is 1. The first-order valence-corrected chi connectivity index (χ1v) is 16.1. The van der Waals surface area contributed by atoms with Gasteiger partial charge in [-0.15, -0.1) is 0 Å². The molecule has 0 saturated heterocycles. The SMILES string of the molecule is CCCC(C)(Nc1ccc(/C=C2\N=C(SCC(=O)O)NC2=O)cc1)c1ccc(/C=C(\c2ccccc2)c2ccc(Cl)cc2)cc1. The molecule has 8 heteroatoms. The summed E-state index contributed by atoms with van der Waals surface area (Å²) in [4.78, 5) is 27.3. The Hall–Kier alpha value is -4.59. The fourth-order valence-corrected chi connectivity index (χ4v) is 5.97. The van der Waals surface area contributed by atoms with Crippen LogP contribution in [0.25, 0.3) is 17.7 Å². The van der Waals surface area contributed by atoms with Crippen LogP contribution in [0.2, 0.25) is 5.02 Å². The number of nitrogens with one attached hydrogen (secondary N) is 2. The monoisotopic (exact) mass is 635 g/mol. The number of halogens is 1. The molecule has 3 N–H and O–H groups in total. The van der Waals surface area contributed by atoms with E-state index < -0.39 is 5.97 Å². The molecule has 1 aliphatic heterocycles. The maximum absolute atomic E-state index is 12.3. The predicted molar refractivity (Wildman–Crippen MR) is 187 cm³/mol. The average Bonchev–Trinajstić information content (AvgIpc) is 3.39. The Labute approximate surface area is 273 Å². The lowest BCUT2D eigenvalue weighted by molar-refractivity contribution is -0.133. The molecule has 0 bridgehead atoms. The van der Waals surface area contributed by atoms with E-state index in [0.29, 0.717) is 10.2 Å². The van der Waals surface area contributed by atoms with Crippen molar-refractivity contribution in [3.63, 3.8) is 0 Å². The third kappa shape index (κ3) is 8.32. The van der Waals surface area contributed by atoms with E-state index >= 15 is 0 Å². The van der Waals surface area contributed by atoms with Crippen molar-refractivity contribution in [2.45, 2.75) is 32.2 Å². The van der Waals surface area contributed by atoms with Gasteiger partial charge in [0.05, 0.1) is 11.3 Å². The van der Waals surface area contributed by atoms with Crippen LogP contribution < -0.4 is 10.6 Å². The molecule has 0 saturated carbocycles. The van der Waals surface area contributed by atoms with Crippen molar-refractivity contribution >= 4 is 63.8 Å². The van der Waals surface area contributed by atoms with Crippen LogP contribution in [0.1, 0.15) is 54.5 Å². The zero-order chi connectivity index (χ0) is 31.8. The van der Waals surface area contributed by atoms with E-state index in [1.165, 1.54) is 5.56 Å². The Kier molecular flexibility index (Phi) is 10.2. The lowest BCUT2D eigenvalue weighted by Gasteiger charge is -2.33. The van der Waals surface area contributed by atoms with Crippen molar-refractivity contribution in [2.24, 2.45) is 4.99 Å². The van der Waals surface area contributed by atoms with Crippen molar-refractivity contribution in [1.82, 2.24) is 5.32 Å². The largest absolute Gasteiger partial charge is 0.481 e. The van der Waals surface area contributed by atoms with Gasteiger partial charge in [-0.3, -0.25) is 14.9 Å². The summed E-state index contributed by atoms with van der Waals surface area (Å²) in [6.45, 7) is 4.40. The Morgan fingerprint density at radius 2 is 1.58 bits per heavy atom. The Bertz CT molecular complexity index is 1750. The van der Waals surface area contributed by atoms with E-state index in [4.69, 9.17) is 16.7 Å². The molecule has 4 aromatic carbocycles. The number of benzene rings is 4. The number of hydrogen-bond acceptors (Lipinski definition) is 5. The lowest BCUT2D eigenvalue weighted by atomic mass is 9.86. The quantitative estimate of drug-likeness (QED) is 0.113. The van der Waals surface area contributed by atoms with Crippen LogP contribution in [0.15, 0.2) is 114 Å². The van der Waals surface area contributed by atoms with Crippen LogP contribution in [-0.4, -0.2) is 27.9 Å². The lowest BCUT2D eigenvalue weighted by Crippen LogP contribution is -2.31. The number of hydrogen-bond donors (Lipinski definition) is 3. The molecule has 228 valence electrons. The Balaban J connectivity index is 1.35. The van der Waals surface area contributed by atoms with Crippen molar-refractivity contribution in [3.05, 3.63) is 142 Å². The summed E-state index contributed by atoms with van der Waals surface area (Å²) in [5, 5.41) is 16.2. The molecule has 1 amide bonds. The average molecular weight is 636 g/mol. The summed E-state index contributed by atoms with van der Waals surface area (Å²) in [6, 6.07) is 34.8. The van der Waals surface area contributed by atoms with E-state index in [2.05, 4.69) is 71.9 Å². The van der Waals surface area contributed by atoms with Crippen LogP contribution >= 0.6 is 23.4 Å². The molecule has 45 heavy (non-hydrogen) atoms. The summed E-state index contributed by atoms with van der Waals surface area (Å²) in [7, 11) is 0. The number of carboxylic acid groups (broad SMARTS) is 1. The maximum atomic E-state index is 12.3. The summed E-state index contributed by atoms with van der Waals surface area (Å²) in [6.07, 6.45) is 5.83. The van der Waals surface area contributed by atoms with Crippen LogP contribution in [0.4, 0.5) is 5.69 Å². The number of nitrogens with zero attached hydrogens (tertiary/aromatic N) is 1. The van der Waals surface area contributed by atoms with Gasteiger partial charge in [0.2, 0.25) is 0 Å². The highest BCUT2D eigenvalue weighted by Crippen LogP contribution is 2.33. The summed E-state index contributed by atoms with van der Waals surface area (Å²) < 4.78 is 0. The topological polar surface area (TPSA) is 90.8 Å². The third-order valence-corrected chi connectivity index (χ3v) is 8.60. The van der Waals surface area contributed by atoms with E-state index in [9.17, 15) is 9.59 Å². The van der Waals surface area contributed by atoms with E-state index in [1.54, 1.807) is 6.08 Å². The number of carbonyl (C=O) groups excluding carboxylic acids is 1. The van der Waals surface area contributed by atoms with Gasteiger partial charge in [0.25, 0.3) is 5.91 Å². The minimum Gasteiger partial charge on any atom is -0.481 e. The summed E-state index contributed by atoms with van der Waals surface area (Å²) >= 11 is 7.16. The number of carboxylic acids is 1. The van der Waals surface area contributed by atoms with Gasteiger partial charge in [-0.25, -0.2) is 4.99 Å². The van der Waals surface area contributed by atoms with Gasteiger partial charge in [0.1, 0.15) is 5.70 Å². The zero-order valence-corrected chi connectivity index (χ0v) is 26.7. The fourth-order valence-electron chi connectivity index (χ4n) is 5.26. The number of amidine groups is 1. The molecule has 1 aliphatic rings. The smallest absolute Gasteiger partial charge is 0.313 e. The third-order valence-electron chi connectivity index (χ3n) is 7.49. The first-order chi connectivity index (χ1) is 21.7. The standard InChI is InChI=1S/C37H34ClN3O3S/c1-3-21-37(2,41-31-19-11-26(12-20-31)23-33-35(44)40-36(39-33)45-24-34(42)43)29-15-9-25(10-16-29)22-32(27-7-5-4-6-8-27)28-13-17-30(38)18-14-28/h4-20,22-23,41H,3,21,24H2,1-2H3,(H,42,43)(H,39,40,44)/b32-22+,33-23-. The molecule has 0 fully saturated rings. The number of aliphatic carboxylic acids is 1. The second kappa shape index (κ2) is 14.5. The van der Waals surface area contributed by atoms with Gasteiger partial charge in [-0.2, -0.15) is 0 Å². The molecule has 0 aliphatic carbocycles. The van der Waals surface area contributed by atoms with Crippen LogP contribution in [0, 0.1) is 0 Å². The van der Waals surface area contributed by atoms with Gasteiger partial charge < -0.3 is 10.4 Å². The fraction of sp³-hybridized carbons (Fsp3) is 0.162. The number of amides is 1. The molecule has 0 aromatic heterocycles. The molecular weight excluding hydrogens is 602 g/mol. The molecule has 6 nitrogen and oxygen atoms in total. The first kappa shape index (κ1) is 31.8. The van der Waals surface area contributed by atoms with E-state index in [0.717, 1.165) is 58.1 Å². The highest BCUT2D eigenvalue weighted by Gasteiger charge is 2.26. The van der Waals surface area contributed by atoms with Gasteiger partial charge in [-0.1, -0.05) is 116 Å². The van der Waals surface area contributed by atoms with E-state index in [1.807, 2.05) is 66.7 Å². The molecule has 4 aromatic rings. The van der Waals surface area contributed by atoms with Gasteiger partial charge >= 0.3 is 5.97 Å². The summed E-state index contributed by atoms with van der Waals surface area (Å²) in [5.41, 5.74) is 7.38. The number of aliphatic imine (C=N–C) groups is 1. The molecular formula is C37H34ClN3O3S. The van der Waals surface area contributed by atoms with E-state index in [-0.39, 0.29) is 22.9 Å². The first-order valence-electron chi connectivity index (χ1n) is 14.7. The van der Waals surface area contributed by atoms with Gasteiger partial charge in [0, 0.05) is 10.7 Å². The molecule has 1 atom stereocenters. The highest BCUT2D eigenvalue weighted by atomic mass is 35.5. The van der Waals surface area contributed by atoms with Crippen molar-refractivity contribution in [3.8, 4) is 0 Å². The number of anilines is 1. The minimum atomic E-state index is -0.966.